The Morgan fingerprint density at radius 3 is 2.46 bits per heavy atom. The zero-order chi connectivity index (χ0) is 25.9. The van der Waals surface area contributed by atoms with Crippen LogP contribution < -0.4 is 27.0 Å². The van der Waals surface area contributed by atoms with Crippen LogP contribution in [0, 0.1) is 34.4 Å². The zero-order valence-electron chi connectivity index (χ0n) is 18.8. The molecule has 5 N–H and O–H groups in total. The van der Waals surface area contributed by atoms with Crippen LogP contribution in [0.25, 0.3) is 10.9 Å². The second-order valence-corrected chi connectivity index (χ2v) is 8.35. The molecule has 5 rings (SSSR count). The Morgan fingerprint density at radius 1 is 0.973 bits per heavy atom. The summed E-state index contributed by atoms with van der Waals surface area (Å²) in [5, 5.41) is 26.0. The van der Waals surface area contributed by atoms with Crippen LogP contribution in [0.3, 0.4) is 0 Å². The number of hydrogen-bond donors (Lipinski definition) is 5. The first-order valence-electron chi connectivity index (χ1n) is 10.8. The molecule has 37 heavy (non-hydrogen) atoms. The molecule has 3 heterocycles. The highest BCUT2D eigenvalue weighted by atomic mass is 35.5. The minimum Gasteiger partial charge on any atom is -0.373 e. The third kappa shape index (κ3) is 4.77. The average Bonchev–Trinajstić information content (AvgIpc) is 3.45. The maximum Gasteiger partial charge on any atom is 0.249 e. The summed E-state index contributed by atoms with van der Waals surface area (Å²) in [4.78, 5) is 7.70. The fourth-order valence-electron chi connectivity index (χ4n) is 3.87. The van der Waals surface area contributed by atoms with Gasteiger partial charge >= 0.3 is 0 Å². The normalized spacial score (nSPS) is 13.1. The number of hydrazine groups is 2. The number of fused-ring (bicyclic) bond motifs is 1. The third-order valence-corrected chi connectivity index (χ3v) is 5.90. The molecule has 12 heteroatoms. The van der Waals surface area contributed by atoms with E-state index >= 15 is 0 Å². The quantitative estimate of drug-likeness (QED) is 0.232. The van der Waals surface area contributed by atoms with Gasteiger partial charge in [-0.05, 0) is 29.8 Å². The van der Waals surface area contributed by atoms with Crippen molar-refractivity contribution in [2.24, 2.45) is 0 Å². The Labute approximate surface area is 214 Å². The Bertz CT molecular complexity index is 1630. The van der Waals surface area contributed by atoms with Gasteiger partial charge in [-0.15, -0.1) is 0 Å². The van der Waals surface area contributed by atoms with E-state index in [0.29, 0.717) is 32.9 Å². The molecular weight excluding hydrogens is 500 g/mol. The number of nitrogens with zero attached hydrogens (tertiary/aromatic N) is 4. The molecule has 4 aromatic rings. The molecule has 2 aromatic heterocycles. The molecule has 0 saturated heterocycles. The maximum absolute atomic E-state index is 13.8. The largest absolute Gasteiger partial charge is 0.373 e. The van der Waals surface area contributed by atoms with E-state index in [9.17, 15) is 14.0 Å². The molecule has 0 saturated carbocycles. The maximum atomic E-state index is 13.8. The second kappa shape index (κ2) is 9.95. The lowest BCUT2D eigenvalue weighted by Gasteiger charge is -2.22. The first-order valence-corrected chi connectivity index (χ1v) is 11.2. The first kappa shape index (κ1) is 23.8. The summed E-state index contributed by atoms with van der Waals surface area (Å²) in [6.45, 7) is 0. The standard InChI is InChI=1S/C25H16ClF2N9/c26-19-6-16(34-23(21-12-33-37-36-21)14-3-1-13(8-29)2-4-14)5-18-22(15(9-30)10-31-24(18)19)35-17-7-20(27)25(28)32-11-17/h1-7,10-12,23,33-34,36-37H,(H,31,35)/t23-/m0/s1. The summed E-state index contributed by atoms with van der Waals surface area (Å²) in [7, 11) is 0. The van der Waals surface area contributed by atoms with Crippen LogP contribution in [0.2, 0.25) is 5.02 Å². The topological polar surface area (TPSA) is 134 Å². The number of hydrogen-bond acceptors (Lipinski definition) is 9. The van der Waals surface area contributed by atoms with Gasteiger partial charge in [0.1, 0.15) is 6.07 Å². The zero-order valence-corrected chi connectivity index (χ0v) is 19.5. The fraction of sp³-hybridized carbons (Fsp3) is 0.0400. The van der Waals surface area contributed by atoms with Crippen molar-refractivity contribution in [1.29, 1.82) is 10.5 Å². The predicted octanol–water partition coefficient (Wildman–Crippen LogP) is 4.66. The van der Waals surface area contributed by atoms with Gasteiger partial charge in [-0.3, -0.25) is 4.98 Å². The minimum absolute atomic E-state index is 0.144. The fourth-order valence-corrected chi connectivity index (χ4v) is 4.14. The van der Waals surface area contributed by atoms with Gasteiger partial charge in [-0.25, -0.2) is 9.37 Å². The molecular formula is C25H16ClF2N9. The van der Waals surface area contributed by atoms with Gasteiger partial charge in [0.05, 0.1) is 57.0 Å². The summed E-state index contributed by atoms with van der Waals surface area (Å²) < 4.78 is 27.1. The number of halogens is 3. The van der Waals surface area contributed by atoms with Crippen molar-refractivity contribution < 1.29 is 8.78 Å². The Morgan fingerprint density at radius 2 is 1.78 bits per heavy atom. The molecule has 0 amide bonds. The van der Waals surface area contributed by atoms with E-state index in [0.717, 1.165) is 23.5 Å². The van der Waals surface area contributed by atoms with E-state index in [4.69, 9.17) is 16.9 Å². The molecule has 0 radical (unpaired) electrons. The van der Waals surface area contributed by atoms with E-state index in [1.54, 1.807) is 30.5 Å². The lowest BCUT2D eigenvalue weighted by atomic mass is 10.0. The minimum atomic E-state index is -1.23. The van der Waals surface area contributed by atoms with E-state index in [1.807, 2.05) is 12.1 Å². The Hall–Kier alpha value is -4.97. The highest BCUT2D eigenvalue weighted by Crippen LogP contribution is 2.36. The number of benzene rings is 2. The first-order chi connectivity index (χ1) is 18.0. The van der Waals surface area contributed by atoms with Crippen LogP contribution >= 0.6 is 11.6 Å². The molecule has 2 aromatic carbocycles. The van der Waals surface area contributed by atoms with Crippen LogP contribution in [0.4, 0.5) is 25.8 Å². The van der Waals surface area contributed by atoms with Crippen LogP contribution in [0.1, 0.15) is 22.7 Å². The average molecular weight is 516 g/mol. The van der Waals surface area contributed by atoms with Gasteiger partial charge in [0.15, 0.2) is 5.82 Å². The van der Waals surface area contributed by atoms with E-state index in [1.165, 1.54) is 6.20 Å². The van der Waals surface area contributed by atoms with Crippen molar-refractivity contribution in [3.05, 3.63) is 100 Å². The van der Waals surface area contributed by atoms with Gasteiger partial charge in [0, 0.05) is 29.5 Å². The van der Waals surface area contributed by atoms with Crippen molar-refractivity contribution in [2.45, 2.75) is 6.04 Å². The summed E-state index contributed by atoms with van der Waals surface area (Å²) in [5.74, 6) is -2.36. The lowest BCUT2D eigenvalue weighted by molar-refractivity contribution is 0.480. The van der Waals surface area contributed by atoms with Crippen molar-refractivity contribution in [2.75, 3.05) is 10.6 Å². The lowest BCUT2D eigenvalue weighted by Crippen LogP contribution is -2.33. The highest BCUT2D eigenvalue weighted by Gasteiger charge is 2.21. The monoisotopic (exact) mass is 515 g/mol. The van der Waals surface area contributed by atoms with Crippen molar-refractivity contribution in [1.82, 2.24) is 26.4 Å². The Balaban J connectivity index is 1.59. The molecule has 0 aliphatic carbocycles. The van der Waals surface area contributed by atoms with Crippen molar-refractivity contribution in [3.63, 3.8) is 0 Å². The van der Waals surface area contributed by atoms with Crippen molar-refractivity contribution in [3.8, 4) is 12.1 Å². The van der Waals surface area contributed by atoms with Gasteiger partial charge < -0.3 is 21.5 Å². The molecule has 0 unspecified atom stereocenters. The van der Waals surface area contributed by atoms with E-state index < -0.39 is 11.8 Å². The second-order valence-electron chi connectivity index (χ2n) is 7.94. The molecule has 0 spiro atoms. The van der Waals surface area contributed by atoms with E-state index in [-0.39, 0.29) is 17.3 Å². The van der Waals surface area contributed by atoms with Gasteiger partial charge in [0.2, 0.25) is 5.95 Å². The van der Waals surface area contributed by atoms with Crippen LogP contribution in [-0.2, 0) is 0 Å². The smallest absolute Gasteiger partial charge is 0.249 e. The molecule has 182 valence electrons. The highest BCUT2D eigenvalue weighted by molar-refractivity contribution is 6.36. The summed E-state index contributed by atoms with van der Waals surface area (Å²) in [6, 6.07) is 15.3. The molecule has 0 bridgehead atoms. The third-order valence-electron chi connectivity index (χ3n) is 5.61. The molecule has 9 nitrogen and oxygen atoms in total. The molecule has 0 fully saturated rings. The molecule has 1 aliphatic rings. The predicted molar refractivity (Wildman–Crippen MR) is 134 cm³/mol. The van der Waals surface area contributed by atoms with Gasteiger partial charge in [-0.2, -0.15) is 20.4 Å². The van der Waals surface area contributed by atoms with Crippen LogP contribution in [0.15, 0.2) is 66.8 Å². The van der Waals surface area contributed by atoms with E-state index in [2.05, 4.69) is 49.1 Å². The number of anilines is 3. The molecule has 1 aliphatic heterocycles. The van der Waals surface area contributed by atoms with Gasteiger partial charge in [0.25, 0.3) is 0 Å². The number of nitriles is 2. The van der Waals surface area contributed by atoms with Crippen molar-refractivity contribution >= 4 is 39.6 Å². The van der Waals surface area contributed by atoms with Gasteiger partial charge in [-0.1, -0.05) is 23.7 Å². The summed E-state index contributed by atoms with van der Waals surface area (Å²) in [5.41, 5.74) is 12.5. The number of aromatic nitrogens is 2. The number of rotatable bonds is 6. The number of pyridine rings is 2. The molecule has 1 atom stereocenters. The summed E-state index contributed by atoms with van der Waals surface area (Å²) in [6.07, 6.45) is 4.22. The SMILES string of the molecule is N#Cc1ccc([C@H](Nc2cc(Cl)c3ncc(C#N)c(Nc4cnc(F)c(F)c4)c3c2)C2=CNNN2)cc1. The Kier molecular flexibility index (Phi) is 6.39. The van der Waals surface area contributed by atoms with Crippen LogP contribution in [-0.4, -0.2) is 9.97 Å². The van der Waals surface area contributed by atoms with Crippen LogP contribution in [0.5, 0.6) is 0 Å². The summed E-state index contributed by atoms with van der Waals surface area (Å²) >= 11 is 6.58. The number of nitrogens with one attached hydrogen (secondary N) is 5.